The second kappa shape index (κ2) is 5.58. The van der Waals surface area contributed by atoms with E-state index in [0.717, 1.165) is 28.4 Å². The van der Waals surface area contributed by atoms with E-state index in [4.69, 9.17) is 5.73 Å². The van der Waals surface area contributed by atoms with Gasteiger partial charge in [0, 0.05) is 5.69 Å². The predicted octanol–water partition coefficient (Wildman–Crippen LogP) is 3.20. The summed E-state index contributed by atoms with van der Waals surface area (Å²) in [6.07, 6.45) is 1.95. The number of nitrogens with two attached hydrogens (primary N) is 1. The van der Waals surface area contributed by atoms with Crippen molar-refractivity contribution in [2.75, 3.05) is 16.6 Å². The molecule has 0 unspecified atom stereocenters. The molecule has 106 valence electrons. The molecule has 0 aliphatic carbocycles. The Bertz CT molecular complexity index is 716. The van der Waals surface area contributed by atoms with Gasteiger partial charge < -0.3 is 11.2 Å². The van der Waals surface area contributed by atoms with Crippen LogP contribution in [0.5, 0.6) is 0 Å². The van der Waals surface area contributed by atoms with Crippen LogP contribution in [0.25, 0.3) is 5.69 Å². The summed E-state index contributed by atoms with van der Waals surface area (Å²) in [6, 6.07) is 17.5. The Morgan fingerprint density at radius 3 is 2.38 bits per heavy atom. The van der Waals surface area contributed by atoms with Gasteiger partial charge in [-0.2, -0.15) is 5.10 Å². The number of hydrogen-bond donors (Lipinski definition) is 3. The summed E-state index contributed by atoms with van der Waals surface area (Å²) in [6.45, 7) is 1.96. The van der Waals surface area contributed by atoms with E-state index in [0.29, 0.717) is 0 Å². The molecule has 21 heavy (non-hydrogen) atoms. The summed E-state index contributed by atoms with van der Waals surface area (Å²) < 4.78 is 1.85. The number of rotatable bonds is 4. The second-order valence-electron chi connectivity index (χ2n) is 4.78. The molecule has 0 aliphatic heterocycles. The third-order valence-electron chi connectivity index (χ3n) is 3.17. The van der Waals surface area contributed by atoms with Gasteiger partial charge in [-0.05, 0) is 43.3 Å². The Labute approximate surface area is 123 Å². The van der Waals surface area contributed by atoms with Crippen LogP contribution in [0.1, 0.15) is 5.69 Å². The molecule has 0 aliphatic rings. The van der Waals surface area contributed by atoms with Crippen LogP contribution in [0, 0.1) is 6.92 Å². The van der Waals surface area contributed by atoms with Crippen molar-refractivity contribution in [1.29, 1.82) is 0 Å². The van der Waals surface area contributed by atoms with Gasteiger partial charge in [0.15, 0.2) is 0 Å². The summed E-state index contributed by atoms with van der Waals surface area (Å²) in [5.74, 6) is 0. The lowest BCUT2D eigenvalue weighted by atomic mass is 10.3. The number of anilines is 3. The molecule has 3 rings (SSSR count). The van der Waals surface area contributed by atoms with E-state index in [9.17, 15) is 0 Å². The molecule has 3 aromatic rings. The summed E-state index contributed by atoms with van der Waals surface area (Å²) >= 11 is 0. The molecule has 0 saturated heterocycles. The number of hydrogen-bond acceptors (Lipinski definition) is 4. The van der Waals surface area contributed by atoms with Crippen molar-refractivity contribution in [2.45, 2.75) is 6.92 Å². The minimum atomic E-state index is 0.744. The van der Waals surface area contributed by atoms with Gasteiger partial charge in [-0.3, -0.25) is 5.43 Å². The van der Waals surface area contributed by atoms with Crippen molar-refractivity contribution in [3.8, 4) is 5.69 Å². The smallest absolute Gasteiger partial charge is 0.0953 e. The molecule has 4 N–H and O–H groups in total. The van der Waals surface area contributed by atoms with Crippen LogP contribution >= 0.6 is 0 Å². The normalized spacial score (nSPS) is 10.3. The highest BCUT2D eigenvalue weighted by atomic mass is 15.4. The fourth-order valence-electron chi connectivity index (χ4n) is 2.00. The Balaban J connectivity index is 1.74. The number of para-hydroxylation sites is 1. The van der Waals surface area contributed by atoms with E-state index in [1.54, 1.807) is 0 Å². The number of aryl methyl sites for hydroxylation is 1. The monoisotopic (exact) mass is 279 g/mol. The first kappa shape index (κ1) is 13.1. The van der Waals surface area contributed by atoms with Crippen molar-refractivity contribution < 1.29 is 0 Å². The molecular weight excluding hydrogens is 262 g/mol. The standard InChI is InChI=1S/C16H17N5/c1-12-16(19-18-14-9-7-13(17)8-10-14)11-21(20-12)15-5-3-2-4-6-15/h2-11,18-19H,17H2,1H3. The minimum absolute atomic E-state index is 0.744. The van der Waals surface area contributed by atoms with Crippen LogP contribution in [0.2, 0.25) is 0 Å². The lowest BCUT2D eigenvalue weighted by Gasteiger charge is -2.08. The number of nitrogen functional groups attached to an aromatic ring is 1. The van der Waals surface area contributed by atoms with E-state index >= 15 is 0 Å². The fraction of sp³-hybridized carbons (Fsp3) is 0.0625. The number of nitrogens with zero attached hydrogens (tertiary/aromatic N) is 2. The zero-order valence-corrected chi connectivity index (χ0v) is 11.7. The van der Waals surface area contributed by atoms with Gasteiger partial charge in [0.05, 0.1) is 29.0 Å². The van der Waals surface area contributed by atoms with Gasteiger partial charge in [-0.25, -0.2) is 4.68 Å². The Morgan fingerprint density at radius 2 is 1.67 bits per heavy atom. The van der Waals surface area contributed by atoms with Crippen LogP contribution in [0.3, 0.4) is 0 Å². The van der Waals surface area contributed by atoms with E-state index in [-0.39, 0.29) is 0 Å². The number of nitrogens with one attached hydrogen (secondary N) is 2. The molecule has 2 aromatic carbocycles. The molecule has 0 fully saturated rings. The lowest BCUT2D eigenvalue weighted by Crippen LogP contribution is -2.08. The van der Waals surface area contributed by atoms with Gasteiger partial charge in [0.2, 0.25) is 0 Å². The molecule has 0 bridgehead atoms. The Kier molecular flexibility index (Phi) is 3.47. The minimum Gasteiger partial charge on any atom is -0.399 e. The first-order chi connectivity index (χ1) is 10.2. The van der Waals surface area contributed by atoms with Crippen molar-refractivity contribution in [1.82, 2.24) is 9.78 Å². The largest absolute Gasteiger partial charge is 0.399 e. The van der Waals surface area contributed by atoms with E-state index in [1.807, 2.05) is 72.4 Å². The average Bonchev–Trinajstić information content (AvgIpc) is 2.89. The molecule has 0 amide bonds. The Hall–Kier alpha value is -2.95. The van der Waals surface area contributed by atoms with Crippen LogP contribution in [0.4, 0.5) is 17.1 Å². The summed E-state index contributed by atoms with van der Waals surface area (Å²) in [5.41, 5.74) is 16.5. The summed E-state index contributed by atoms with van der Waals surface area (Å²) in [7, 11) is 0. The zero-order valence-electron chi connectivity index (χ0n) is 11.7. The maximum absolute atomic E-state index is 5.66. The topological polar surface area (TPSA) is 67.9 Å². The highest BCUT2D eigenvalue weighted by Gasteiger charge is 2.05. The van der Waals surface area contributed by atoms with Gasteiger partial charge in [-0.15, -0.1) is 0 Å². The zero-order chi connectivity index (χ0) is 14.7. The predicted molar refractivity (Wildman–Crippen MR) is 86.4 cm³/mol. The van der Waals surface area contributed by atoms with Crippen LogP contribution in [-0.2, 0) is 0 Å². The SMILES string of the molecule is Cc1nn(-c2ccccc2)cc1NNc1ccc(N)cc1. The molecule has 0 saturated carbocycles. The highest BCUT2D eigenvalue weighted by Crippen LogP contribution is 2.17. The molecular formula is C16H17N5. The third-order valence-corrected chi connectivity index (χ3v) is 3.17. The molecule has 0 atom stereocenters. The fourth-order valence-corrected chi connectivity index (χ4v) is 2.00. The molecule has 0 spiro atoms. The van der Waals surface area contributed by atoms with Crippen LogP contribution in [-0.4, -0.2) is 9.78 Å². The maximum atomic E-state index is 5.66. The summed E-state index contributed by atoms with van der Waals surface area (Å²) in [4.78, 5) is 0. The van der Waals surface area contributed by atoms with Gasteiger partial charge >= 0.3 is 0 Å². The first-order valence-electron chi connectivity index (χ1n) is 6.71. The molecule has 0 radical (unpaired) electrons. The van der Waals surface area contributed by atoms with E-state index < -0.39 is 0 Å². The van der Waals surface area contributed by atoms with Gasteiger partial charge in [-0.1, -0.05) is 18.2 Å². The van der Waals surface area contributed by atoms with Crippen molar-refractivity contribution in [2.24, 2.45) is 0 Å². The second-order valence-corrected chi connectivity index (χ2v) is 4.78. The lowest BCUT2D eigenvalue weighted by molar-refractivity contribution is 0.863. The Morgan fingerprint density at radius 1 is 0.952 bits per heavy atom. The molecule has 5 nitrogen and oxygen atoms in total. The maximum Gasteiger partial charge on any atom is 0.0953 e. The van der Waals surface area contributed by atoms with Crippen LogP contribution in [0.15, 0.2) is 60.8 Å². The van der Waals surface area contributed by atoms with Gasteiger partial charge in [0.1, 0.15) is 0 Å². The van der Waals surface area contributed by atoms with E-state index in [2.05, 4.69) is 16.0 Å². The summed E-state index contributed by atoms with van der Waals surface area (Å²) in [5, 5.41) is 4.50. The average molecular weight is 279 g/mol. The van der Waals surface area contributed by atoms with Crippen molar-refractivity contribution in [3.63, 3.8) is 0 Å². The number of hydrazine groups is 1. The molecule has 5 heteroatoms. The molecule has 1 aromatic heterocycles. The quantitative estimate of drug-likeness (QED) is 0.507. The highest BCUT2D eigenvalue weighted by molar-refractivity contribution is 5.57. The van der Waals surface area contributed by atoms with Gasteiger partial charge in [0.25, 0.3) is 0 Å². The van der Waals surface area contributed by atoms with Crippen molar-refractivity contribution in [3.05, 3.63) is 66.5 Å². The number of benzene rings is 2. The third kappa shape index (κ3) is 2.97. The van der Waals surface area contributed by atoms with Crippen molar-refractivity contribution >= 4 is 17.1 Å². The first-order valence-corrected chi connectivity index (χ1v) is 6.71. The van der Waals surface area contributed by atoms with E-state index in [1.165, 1.54) is 0 Å². The van der Waals surface area contributed by atoms with Crippen LogP contribution < -0.4 is 16.6 Å². The number of aromatic nitrogens is 2. The molecule has 1 heterocycles.